The van der Waals surface area contributed by atoms with E-state index in [1.54, 1.807) is 42.0 Å². The molecule has 3 rings (SSSR count). The summed E-state index contributed by atoms with van der Waals surface area (Å²) in [4.78, 5) is 28.8. The summed E-state index contributed by atoms with van der Waals surface area (Å²) < 4.78 is 15.5. The van der Waals surface area contributed by atoms with E-state index in [1.165, 1.54) is 25.6 Å². The van der Waals surface area contributed by atoms with E-state index < -0.39 is 0 Å². The third-order valence-electron chi connectivity index (χ3n) is 3.77. The van der Waals surface area contributed by atoms with E-state index in [0.717, 1.165) is 0 Å². The first-order chi connectivity index (χ1) is 13.6. The number of methoxy groups -OCH3 is 2. The van der Waals surface area contributed by atoms with E-state index in [1.807, 2.05) is 0 Å². The molecule has 28 heavy (non-hydrogen) atoms. The van der Waals surface area contributed by atoms with Crippen LogP contribution in [0.25, 0.3) is 0 Å². The third kappa shape index (κ3) is 5.10. The number of ether oxygens (including phenoxy) is 2. The van der Waals surface area contributed by atoms with Gasteiger partial charge in [-0.05, 0) is 24.3 Å². The molecule has 0 saturated carbocycles. The number of aromatic nitrogens is 1. The van der Waals surface area contributed by atoms with Gasteiger partial charge in [0.2, 0.25) is 5.91 Å². The number of rotatable bonds is 8. The summed E-state index contributed by atoms with van der Waals surface area (Å²) in [7, 11) is 3.03. The van der Waals surface area contributed by atoms with Gasteiger partial charge in [0.15, 0.2) is 5.13 Å². The van der Waals surface area contributed by atoms with Crippen LogP contribution in [-0.4, -0.2) is 31.0 Å². The van der Waals surface area contributed by atoms with Gasteiger partial charge >= 0.3 is 0 Å². The second kappa shape index (κ2) is 9.05. The molecule has 2 amide bonds. The van der Waals surface area contributed by atoms with E-state index in [2.05, 4.69) is 15.6 Å². The van der Waals surface area contributed by atoms with Gasteiger partial charge in [-0.25, -0.2) is 4.98 Å². The molecule has 0 aliphatic carbocycles. The number of hydrogen-bond acceptors (Lipinski definition) is 7. The molecule has 3 aromatic rings. The van der Waals surface area contributed by atoms with Gasteiger partial charge in [-0.3, -0.25) is 14.9 Å². The predicted molar refractivity (Wildman–Crippen MR) is 104 cm³/mol. The number of nitrogens with zero attached hydrogens (tertiary/aromatic N) is 1. The normalized spacial score (nSPS) is 10.4. The molecule has 146 valence electrons. The fourth-order valence-corrected chi connectivity index (χ4v) is 3.08. The minimum Gasteiger partial charge on any atom is -0.497 e. The molecule has 2 heterocycles. The van der Waals surface area contributed by atoms with Crippen molar-refractivity contribution < 1.29 is 23.5 Å². The zero-order valence-electron chi connectivity index (χ0n) is 15.4. The van der Waals surface area contributed by atoms with Crippen molar-refractivity contribution in [3.8, 4) is 11.5 Å². The molecule has 0 spiro atoms. The Morgan fingerprint density at radius 3 is 2.57 bits per heavy atom. The lowest BCUT2D eigenvalue weighted by molar-refractivity contribution is -0.120. The van der Waals surface area contributed by atoms with Gasteiger partial charge in [0.25, 0.3) is 5.91 Å². The van der Waals surface area contributed by atoms with Crippen LogP contribution in [0.4, 0.5) is 5.13 Å². The molecule has 0 aliphatic heterocycles. The summed E-state index contributed by atoms with van der Waals surface area (Å²) in [6, 6.07) is 8.43. The van der Waals surface area contributed by atoms with Crippen molar-refractivity contribution in [1.29, 1.82) is 0 Å². The molecule has 0 bridgehead atoms. The lowest BCUT2D eigenvalue weighted by atomic mass is 10.2. The van der Waals surface area contributed by atoms with Crippen molar-refractivity contribution in [3.63, 3.8) is 0 Å². The number of nitrogens with one attached hydrogen (secondary N) is 2. The number of amides is 2. The zero-order valence-corrected chi connectivity index (χ0v) is 16.2. The molecule has 2 N–H and O–H groups in total. The highest BCUT2D eigenvalue weighted by atomic mass is 32.1. The highest BCUT2D eigenvalue weighted by Crippen LogP contribution is 2.24. The molecule has 1 aromatic carbocycles. The van der Waals surface area contributed by atoms with Gasteiger partial charge in [-0.1, -0.05) is 0 Å². The number of benzene rings is 1. The second-order valence-electron chi connectivity index (χ2n) is 5.73. The minimum atomic E-state index is -0.347. The molecule has 9 heteroatoms. The number of carbonyl (C=O) groups is 2. The summed E-state index contributed by atoms with van der Waals surface area (Å²) in [5, 5.41) is 7.60. The van der Waals surface area contributed by atoms with Crippen molar-refractivity contribution in [3.05, 3.63) is 59.0 Å². The van der Waals surface area contributed by atoms with Gasteiger partial charge in [-0.15, -0.1) is 11.3 Å². The predicted octanol–water partition coefficient (Wildman–Crippen LogP) is 2.86. The Kier molecular flexibility index (Phi) is 6.28. The second-order valence-corrected chi connectivity index (χ2v) is 6.59. The Hall–Kier alpha value is -3.33. The van der Waals surface area contributed by atoms with Crippen LogP contribution in [0.2, 0.25) is 0 Å². The van der Waals surface area contributed by atoms with Crippen LogP contribution in [0.15, 0.2) is 46.4 Å². The van der Waals surface area contributed by atoms with Crippen LogP contribution >= 0.6 is 11.3 Å². The van der Waals surface area contributed by atoms with Crippen LogP contribution in [0.3, 0.4) is 0 Å². The van der Waals surface area contributed by atoms with Crippen LogP contribution in [0.1, 0.15) is 21.8 Å². The average molecular weight is 401 g/mol. The first kappa shape index (κ1) is 19.4. The first-order valence-electron chi connectivity index (χ1n) is 8.35. The standard InChI is InChI=1S/C19H19N3O5S/c1-25-15-6-12(7-16(9-15)26-2)18(24)22-19-21-13(11-28-19)8-17(23)20-10-14-4-3-5-27-14/h3-7,9,11H,8,10H2,1-2H3,(H,20,23)(H,21,22,24). The Morgan fingerprint density at radius 1 is 1.18 bits per heavy atom. The lowest BCUT2D eigenvalue weighted by Crippen LogP contribution is -2.24. The monoisotopic (exact) mass is 401 g/mol. The smallest absolute Gasteiger partial charge is 0.257 e. The third-order valence-corrected chi connectivity index (χ3v) is 4.57. The molecule has 0 fully saturated rings. The van der Waals surface area contributed by atoms with Crippen LogP contribution in [0, 0.1) is 0 Å². The van der Waals surface area contributed by atoms with Crippen LogP contribution < -0.4 is 20.1 Å². The van der Waals surface area contributed by atoms with Crippen molar-refractivity contribution in [2.24, 2.45) is 0 Å². The average Bonchev–Trinajstić information content (AvgIpc) is 3.38. The molecule has 8 nitrogen and oxygen atoms in total. The van der Waals surface area contributed by atoms with Crippen LogP contribution in [-0.2, 0) is 17.8 Å². The topological polar surface area (TPSA) is 103 Å². The lowest BCUT2D eigenvalue weighted by Gasteiger charge is -2.08. The Morgan fingerprint density at radius 2 is 1.93 bits per heavy atom. The van der Waals surface area contributed by atoms with Gasteiger partial charge in [0, 0.05) is 17.0 Å². The van der Waals surface area contributed by atoms with E-state index >= 15 is 0 Å². The zero-order chi connectivity index (χ0) is 19.9. The molecule has 0 saturated heterocycles. The quantitative estimate of drug-likeness (QED) is 0.602. The number of furan rings is 1. The van der Waals surface area contributed by atoms with Crippen molar-refractivity contribution in [2.75, 3.05) is 19.5 Å². The van der Waals surface area contributed by atoms with Crippen molar-refractivity contribution in [1.82, 2.24) is 10.3 Å². The summed E-state index contributed by atoms with van der Waals surface area (Å²) in [6.45, 7) is 0.317. The molecular weight excluding hydrogens is 382 g/mol. The van der Waals surface area contributed by atoms with E-state index in [-0.39, 0.29) is 18.2 Å². The highest BCUT2D eigenvalue weighted by Gasteiger charge is 2.13. The number of carbonyl (C=O) groups excluding carboxylic acids is 2. The Bertz CT molecular complexity index is 930. The van der Waals surface area contributed by atoms with Gasteiger partial charge in [0.1, 0.15) is 17.3 Å². The molecule has 0 aliphatic rings. The van der Waals surface area contributed by atoms with Gasteiger partial charge < -0.3 is 19.2 Å². The van der Waals surface area contributed by atoms with Crippen LogP contribution in [0.5, 0.6) is 11.5 Å². The SMILES string of the molecule is COc1cc(OC)cc(C(=O)Nc2nc(CC(=O)NCc3ccco3)cs2)c1. The number of anilines is 1. The summed E-state index contributed by atoms with van der Waals surface area (Å²) in [6.07, 6.45) is 1.66. The van der Waals surface area contributed by atoms with E-state index in [0.29, 0.717) is 40.2 Å². The van der Waals surface area contributed by atoms with Gasteiger partial charge in [0.05, 0.1) is 39.1 Å². The van der Waals surface area contributed by atoms with Crippen molar-refractivity contribution in [2.45, 2.75) is 13.0 Å². The summed E-state index contributed by atoms with van der Waals surface area (Å²) in [5.41, 5.74) is 0.949. The maximum Gasteiger partial charge on any atom is 0.257 e. The maximum atomic E-state index is 12.5. The molecule has 0 radical (unpaired) electrons. The Labute approximate surface area is 165 Å². The van der Waals surface area contributed by atoms with E-state index in [9.17, 15) is 9.59 Å². The molecule has 0 unspecified atom stereocenters. The molecule has 2 aromatic heterocycles. The first-order valence-corrected chi connectivity index (χ1v) is 9.23. The summed E-state index contributed by atoms with van der Waals surface area (Å²) in [5.74, 6) is 1.17. The Balaban J connectivity index is 1.58. The fourth-order valence-electron chi connectivity index (χ4n) is 2.38. The fraction of sp³-hybridized carbons (Fsp3) is 0.211. The maximum absolute atomic E-state index is 12.5. The van der Waals surface area contributed by atoms with E-state index in [4.69, 9.17) is 13.9 Å². The highest BCUT2D eigenvalue weighted by molar-refractivity contribution is 7.14. The minimum absolute atomic E-state index is 0.111. The van der Waals surface area contributed by atoms with Crippen molar-refractivity contribution >= 4 is 28.3 Å². The van der Waals surface area contributed by atoms with Gasteiger partial charge in [-0.2, -0.15) is 0 Å². The largest absolute Gasteiger partial charge is 0.497 e. The summed E-state index contributed by atoms with van der Waals surface area (Å²) >= 11 is 1.25. The molecular formula is C19H19N3O5S. The number of thiazole rings is 1. The molecule has 0 atom stereocenters. The number of hydrogen-bond donors (Lipinski definition) is 2.